The Labute approximate surface area is 121 Å². The highest BCUT2D eigenvalue weighted by atomic mass is 32.1. The van der Waals surface area contributed by atoms with Crippen LogP contribution in [0.4, 0.5) is 0 Å². The zero-order valence-corrected chi connectivity index (χ0v) is 11.9. The molecule has 0 saturated heterocycles. The fraction of sp³-hybridized carbons (Fsp3) is 0.286. The average molecular weight is 292 g/mol. The molecule has 2 aromatic heterocycles. The maximum absolute atomic E-state index is 12.3. The number of thiophene rings is 1. The number of carbonyl (C=O) groups is 1. The van der Waals surface area contributed by atoms with Crippen molar-refractivity contribution < 1.29 is 14.6 Å². The molecule has 2 N–H and O–H groups in total. The number of ether oxygens (including phenoxy) is 1. The van der Waals surface area contributed by atoms with Crippen molar-refractivity contribution in [1.29, 1.82) is 0 Å². The van der Waals surface area contributed by atoms with Crippen molar-refractivity contribution in [1.82, 2.24) is 10.3 Å². The summed E-state index contributed by atoms with van der Waals surface area (Å²) in [7, 11) is 1.48. The number of nitrogens with zero attached hydrogens (tertiary/aromatic N) is 1. The van der Waals surface area contributed by atoms with Crippen molar-refractivity contribution in [3.05, 3.63) is 46.3 Å². The lowest BCUT2D eigenvalue weighted by Gasteiger charge is -2.17. The summed E-state index contributed by atoms with van der Waals surface area (Å²) in [6, 6.07) is 6.99. The van der Waals surface area contributed by atoms with Gasteiger partial charge < -0.3 is 15.2 Å². The van der Waals surface area contributed by atoms with Crippen LogP contribution in [-0.4, -0.2) is 29.7 Å². The van der Waals surface area contributed by atoms with Crippen LogP contribution >= 0.6 is 11.3 Å². The number of hydrogen-bond donors (Lipinski definition) is 2. The maximum Gasteiger partial charge on any atom is 0.257 e. The molecule has 0 radical (unpaired) electrons. The third kappa shape index (κ3) is 3.34. The number of nitrogens with one attached hydrogen (secondary N) is 1. The van der Waals surface area contributed by atoms with E-state index in [9.17, 15) is 4.79 Å². The van der Waals surface area contributed by atoms with Crippen LogP contribution in [0.2, 0.25) is 0 Å². The molecule has 0 aromatic carbocycles. The summed E-state index contributed by atoms with van der Waals surface area (Å²) in [5.74, 6) is 0.0285. The first-order chi connectivity index (χ1) is 9.76. The highest BCUT2D eigenvalue weighted by Gasteiger charge is 2.19. The van der Waals surface area contributed by atoms with Gasteiger partial charge in [0.1, 0.15) is 5.56 Å². The van der Waals surface area contributed by atoms with Crippen molar-refractivity contribution in [3.63, 3.8) is 0 Å². The first-order valence-electron chi connectivity index (χ1n) is 6.20. The smallest absolute Gasteiger partial charge is 0.257 e. The van der Waals surface area contributed by atoms with Crippen LogP contribution in [-0.2, 0) is 0 Å². The van der Waals surface area contributed by atoms with Gasteiger partial charge in [0.25, 0.3) is 5.91 Å². The molecule has 106 valence electrons. The van der Waals surface area contributed by atoms with E-state index in [4.69, 9.17) is 9.84 Å². The number of carbonyl (C=O) groups excluding carboxylic acids is 1. The Morgan fingerprint density at radius 3 is 3.00 bits per heavy atom. The number of aliphatic hydroxyl groups excluding tert-OH is 1. The number of pyridine rings is 1. The molecule has 0 fully saturated rings. The Morgan fingerprint density at radius 2 is 2.35 bits per heavy atom. The Bertz CT molecular complexity index is 557. The molecule has 0 aliphatic carbocycles. The van der Waals surface area contributed by atoms with Gasteiger partial charge >= 0.3 is 0 Å². The number of methoxy groups -OCH3 is 1. The topological polar surface area (TPSA) is 71.5 Å². The number of aliphatic hydroxyl groups is 1. The zero-order valence-electron chi connectivity index (χ0n) is 11.1. The standard InChI is InChI=1S/C14H16N2O3S/c1-19-14-10(4-2-7-15-14)13(18)16-11(6-8-17)12-5-3-9-20-12/h2-5,7,9,11,17H,6,8H2,1H3,(H,16,18). The molecule has 0 aliphatic heterocycles. The first-order valence-corrected chi connectivity index (χ1v) is 7.08. The molecule has 0 aliphatic rings. The molecule has 2 aromatic rings. The van der Waals surface area contributed by atoms with Crippen molar-refractivity contribution in [3.8, 4) is 5.88 Å². The van der Waals surface area contributed by atoms with Crippen molar-refractivity contribution in [2.75, 3.05) is 13.7 Å². The molecule has 0 saturated carbocycles. The summed E-state index contributed by atoms with van der Waals surface area (Å²) in [4.78, 5) is 17.3. The lowest BCUT2D eigenvalue weighted by Crippen LogP contribution is -2.29. The van der Waals surface area contributed by atoms with Crippen molar-refractivity contribution in [2.45, 2.75) is 12.5 Å². The molecule has 1 atom stereocenters. The number of aromatic nitrogens is 1. The summed E-state index contributed by atoms with van der Waals surface area (Å²) in [5.41, 5.74) is 0.384. The number of amides is 1. The summed E-state index contributed by atoms with van der Waals surface area (Å²) in [6.45, 7) is 0.00697. The van der Waals surface area contributed by atoms with Crippen LogP contribution in [0.15, 0.2) is 35.8 Å². The molecule has 2 heterocycles. The summed E-state index contributed by atoms with van der Waals surface area (Å²) < 4.78 is 5.08. The Balaban J connectivity index is 2.16. The molecular formula is C14H16N2O3S. The van der Waals surface area contributed by atoms with Crippen LogP contribution in [0.1, 0.15) is 27.7 Å². The molecule has 1 amide bonds. The first kappa shape index (κ1) is 14.5. The number of hydrogen-bond acceptors (Lipinski definition) is 5. The lowest BCUT2D eigenvalue weighted by molar-refractivity contribution is 0.0927. The minimum Gasteiger partial charge on any atom is -0.480 e. The van der Waals surface area contributed by atoms with Gasteiger partial charge in [-0.2, -0.15) is 0 Å². The largest absolute Gasteiger partial charge is 0.480 e. The fourth-order valence-electron chi connectivity index (χ4n) is 1.87. The van der Waals surface area contributed by atoms with E-state index in [-0.39, 0.29) is 18.6 Å². The van der Waals surface area contributed by atoms with Gasteiger partial charge in [-0.3, -0.25) is 4.79 Å². The fourth-order valence-corrected chi connectivity index (χ4v) is 2.68. The summed E-state index contributed by atoms with van der Waals surface area (Å²) in [5, 5.41) is 14.0. The van der Waals surface area contributed by atoms with Crippen LogP contribution in [0.5, 0.6) is 5.88 Å². The van der Waals surface area contributed by atoms with Crippen molar-refractivity contribution in [2.24, 2.45) is 0 Å². The highest BCUT2D eigenvalue weighted by molar-refractivity contribution is 7.10. The van der Waals surface area contributed by atoms with E-state index in [0.717, 1.165) is 4.88 Å². The quantitative estimate of drug-likeness (QED) is 0.854. The molecule has 5 nitrogen and oxygen atoms in total. The van der Waals surface area contributed by atoms with E-state index in [1.807, 2.05) is 17.5 Å². The highest BCUT2D eigenvalue weighted by Crippen LogP contribution is 2.23. The lowest BCUT2D eigenvalue weighted by atomic mass is 10.1. The van der Waals surface area contributed by atoms with Gasteiger partial charge in [-0.05, 0) is 30.0 Å². The zero-order chi connectivity index (χ0) is 14.4. The van der Waals surface area contributed by atoms with Gasteiger partial charge in [0.05, 0.1) is 13.2 Å². The SMILES string of the molecule is COc1ncccc1C(=O)NC(CCO)c1cccs1. The third-order valence-electron chi connectivity index (χ3n) is 2.82. The minimum atomic E-state index is -0.262. The average Bonchev–Trinajstić information content (AvgIpc) is 3.00. The van der Waals surface area contributed by atoms with Gasteiger partial charge in [-0.15, -0.1) is 11.3 Å². The van der Waals surface area contributed by atoms with E-state index in [1.165, 1.54) is 7.11 Å². The second-order valence-corrected chi connectivity index (χ2v) is 5.09. The maximum atomic E-state index is 12.3. The summed E-state index contributed by atoms with van der Waals surface area (Å²) in [6.07, 6.45) is 2.04. The van der Waals surface area contributed by atoms with E-state index >= 15 is 0 Å². The third-order valence-corrected chi connectivity index (χ3v) is 3.80. The van der Waals surface area contributed by atoms with Gasteiger partial charge in [-0.1, -0.05) is 6.07 Å². The van der Waals surface area contributed by atoms with Crippen LogP contribution in [0.25, 0.3) is 0 Å². The number of rotatable bonds is 6. The Kier molecular flexibility index (Phi) is 5.09. The molecular weight excluding hydrogens is 276 g/mol. The van der Waals surface area contributed by atoms with Gasteiger partial charge in [-0.25, -0.2) is 4.98 Å². The second kappa shape index (κ2) is 7.02. The molecule has 0 spiro atoms. The van der Waals surface area contributed by atoms with E-state index in [1.54, 1.807) is 29.7 Å². The van der Waals surface area contributed by atoms with Crippen LogP contribution in [0.3, 0.4) is 0 Å². The summed E-state index contributed by atoms with van der Waals surface area (Å²) >= 11 is 1.55. The van der Waals surface area contributed by atoms with Crippen LogP contribution in [0, 0.1) is 0 Å². The van der Waals surface area contributed by atoms with E-state index in [0.29, 0.717) is 17.9 Å². The molecule has 20 heavy (non-hydrogen) atoms. The molecule has 6 heteroatoms. The van der Waals surface area contributed by atoms with E-state index < -0.39 is 0 Å². The van der Waals surface area contributed by atoms with E-state index in [2.05, 4.69) is 10.3 Å². The normalized spacial score (nSPS) is 11.9. The Hall–Kier alpha value is -1.92. The monoisotopic (exact) mass is 292 g/mol. The van der Waals surface area contributed by atoms with Crippen molar-refractivity contribution >= 4 is 17.2 Å². The predicted molar refractivity (Wildman–Crippen MR) is 77.0 cm³/mol. The molecule has 2 rings (SSSR count). The predicted octanol–water partition coefficient (Wildman–Crippen LogP) is 2.01. The Morgan fingerprint density at radius 1 is 1.50 bits per heavy atom. The van der Waals surface area contributed by atoms with Gasteiger partial charge in [0.2, 0.25) is 5.88 Å². The van der Waals surface area contributed by atoms with Crippen LogP contribution < -0.4 is 10.1 Å². The van der Waals surface area contributed by atoms with Gasteiger partial charge in [0.15, 0.2) is 0 Å². The molecule has 0 bridgehead atoms. The second-order valence-electron chi connectivity index (χ2n) is 4.11. The van der Waals surface area contributed by atoms with Gasteiger partial charge in [0, 0.05) is 17.7 Å². The molecule has 1 unspecified atom stereocenters. The minimum absolute atomic E-state index is 0.00697.